The van der Waals surface area contributed by atoms with Gasteiger partial charge in [0, 0.05) is 41.7 Å². The number of ether oxygens (including phenoxy) is 1. The Balaban J connectivity index is 0.000000868. The van der Waals surface area contributed by atoms with Crippen LogP contribution in [0.15, 0.2) is 66.9 Å². The van der Waals surface area contributed by atoms with E-state index in [2.05, 4.69) is 88.1 Å². The van der Waals surface area contributed by atoms with Gasteiger partial charge >= 0.3 is 0 Å². The van der Waals surface area contributed by atoms with Crippen molar-refractivity contribution in [1.82, 2.24) is 9.97 Å². The number of carboxylic acid groups (broad SMARTS) is 1. The maximum Gasteiger partial charge on any atom is 0.290 e. The van der Waals surface area contributed by atoms with Gasteiger partial charge in [0.15, 0.2) is 0 Å². The molecule has 8 heteroatoms. The fraction of sp³-hybridized carbons (Fsp3) is 0.231. The summed E-state index contributed by atoms with van der Waals surface area (Å²) in [5, 5.41) is 13.0. The molecule has 0 aliphatic carbocycles. The molecule has 2 aromatic carbocycles. The number of aromatic amines is 1. The van der Waals surface area contributed by atoms with Gasteiger partial charge in [-0.25, -0.2) is 4.98 Å². The monoisotopic (exact) mass is 476 g/mol. The summed E-state index contributed by atoms with van der Waals surface area (Å²) in [6.07, 6.45) is 1.86. The minimum Gasteiger partial charge on any atom is -0.483 e. The molecule has 1 saturated heterocycles. The average molecular weight is 477 g/mol. The van der Waals surface area contributed by atoms with Gasteiger partial charge in [-0.15, -0.1) is 0 Å². The number of para-hydroxylation sites is 1. The van der Waals surface area contributed by atoms with E-state index in [0.29, 0.717) is 0 Å². The molecule has 0 bridgehead atoms. The van der Waals surface area contributed by atoms with Gasteiger partial charge in [-0.3, -0.25) is 4.79 Å². The van der Waals surface area contributed by atoms with Gasteiger partial charge in [0.2, 0.25) is 0 Å². The zero-order valence-electron chi connectivity index (χ0n) is 19.4. The fourth-order valence-corrected chi connectivity index (χ4v) is 5.08. The Hall–Kier alpha value is -3.41. The summed E-state index contributed by atoms with van der Waals surface area (Å²) in [6.45, 7) is 7.81. The topological polar surface area (TPSA) is 90.5 Å². The number of nitrogens with one attached hydrogen (secondary N) is 2. The van der Waals surface area contributed by atoms with Gasteiger partial charge in [0.05, 0.1) is 18.9 Å². The van der Waals surface area contributed by atoms with Crippen LogP contribution in [0.2, 0.25) is 0 Å². The van der Waals surface area contributed by atoms with Crippen LogP contribution in [0.5, 0.6) is 0 Å². The number of fused-ring (bicyclic) bond motifs is 1. The molecule has 7 nitrogen and oxygen atoms in total. The Morgan fingerprint density at radius 3 is 2.47 bits per heavy atom. The molecule has 0 radical (unpaired) electrons. The number of benzene rings is 2. The van der Waals surface area contributed by atoms with E-state index >= 15 is 0 Å². The van der Waals surface area contributed by atoms with Gasteiger partial charge in [0.1, 0.15) is 5.65 Å². The molecular weight excluding hydrogens is 447 g/mol. The molecular formula is C26H29N4O3P. The summed E-state index contributed by atoms with van der Waals surface area (Å²) in [5.41, 5.74) is 6.62. The molecule has 5 rings (SSSR count). The molecule has 4 aromatic rings. The number of carbonyl (C=O) groups is 1. The van der Waals surface area contributed by atoms with Crippen LogP contribution >= 0.6 is 7.92 Å². The highest BCUT2D eigenvalue weighted by Crippen LogP contribution is 2.33. The second-order valence-electron chi connectivity index (χ2n) is 8.09. The molecule has 1 aliphatic heterocycles. The van der Waals surface area contributed by atoms with Crippen molar-refractivity contribution in [3.05, 3.63) is 66.9 Å². The number of H-pyrrole nitrogens is 1. The second-order valence-corrected chi connectivity index (χ2v) is 10.4. The van der Waals surface area contributed by atoms with E-state index in [1.807, 2.05) is 12.3 Å². The first kappa shape index (κ1) is 23.7. The van der Waals surface area contributed by atoms with E-state index < -0.39 is 0 Å². The molecule has 2 aromatic heterocycles. The van der Waals surface area contributed by atoms with Crippen LogP contribution in [0.4, 0.5) is 17.1 Å². The standard InChI is InChI=1S/C25H27N4OP.CH2O2/c1-31(2)24-6-4-3-5-22(24)27-21-11-12-26-25-20(21)17-23(28-25)18-7-9-19(10-8-18)29-13-15-30-16-14-29;2-1-3/h3-12,17H,13-16H2,1-2H3,(H2,26,27,28);1H,(H,2,3). The lowest BCUT2D eigenvalue weighted by Gasteiger charge is -2.28. The molecule has 3 heterocycles. The zero-order valence-corrected chi connectivity index (χ0v) is 20.3. The van der Waals surface area contributed by atoms with Crippen molar-refractivity contribution in [2.75, 3.05) is 49.8 Å². The molecule has 3 N–H and O–H groups in total. The van der Waals surface area contributed by atoms with Gasteiger partial charge in [-0.2, -0.15) is 0 Å². The Morgan fingerprint density at radius 1 is 1.06 bits per heavy atom. The second kappa shape index (κ2) is 11.1. The van der Waals surface area contributed by atoms with Crippen molar-refractivity contribution < 1.29 is 14.6 Å². The Kier molecular flexibility index (Phi) is 7.78. The van der Waals surface area contributed by atoms with Crippen molar-refractivity contribution in [1.29, 1.82) is 0 Å². The highest BCUT2D eigenvalue weighted by Gasteiger charge is 2.13. The smallest absolute Gasteiger partial charge is 0.290 e. The van der Waals surface area contributed by atoms with Gasteiger partial charge < -0.3 is 25.0 Å². The van der Waals surface area contributed by atoms with Crippen molar-refractivity contribution >= 4 is 47.8 Å². The molecule has 0 spiro atoms. The lowest BCUT2D eigenvalue weighted by molar-refractivity contribution is -0.122. The van der Waals surface area contributed by atoms with Crippen LogP contribution in [0.25, 0.3) is 22.3 Å². The van der Waals surface area contributed by atoms with Gasteiger partial charge in [-0.05, 0) is 54.5 Å². The summed E-state index contributed by atoms with van der Waals surface area (Å²) in [5.74, 6) is 0. The summed E-state index contributed by atoms with van der Waals surface area (Å²) in [7, 11) is -0.193. The molecule has 0 unspecified atom stereocenters. The van der Waals surface area contributed by atoms with Crippen LogP contribution < -0.4 is 15.5 Å². The third-order valence-corrected chi connectivity index (χ3v) is 7.10. The van der Waals surface area contributed by atoms with E-state index in [9.17, 15) is 0 Å². The van der Waals surface area contributed by atoms with Crippen LogP contribution in [-0.4, -0.2) is 61.2 Å². The average Bonchev–Trinajstić information content (AvgIpc) is 3.31. The summed E-state index contributed by atoms with van der Waals surface area (Å²) in [4.78, 5) is 18.8. The van der Waals surface area contributed by atoms with Crippen molar-refractivity contribution in [3.63, 3.8) is 0 Å². The third kappa shape index (κ3) is 5.38. The molecule has 0 amide bonds. The fourth-order valence-electron chi connectivity index (χ4n) is 4.08. The SMILES string of the molecule is CP(C)c1ccccc1Nc1ccnc2[nH]c(-c3ccc(N4CCOCC4)cc3)cc12.O=CO. The number of aromatic nitrogens is 2. The van der Waals surface area contributed by atoms with Gasteiger partial charge in [-0.1, -0.05) is 38.3 Å². The van der Waals surface area contributed by atoms with Crippen molar-refractivity contribution in [3.8, 4) is 11.3 Å². The van der Waals surface area contributed by atoms with E-state index in [-0.39, 0.29) is 14.4 Å². The number of hydrogen-bond donors (Lipinski definition) is 3. The van der Waals surface area contributed by atoms with E-state index in [1.54, 1.807) is 0 Å². The summed E-state index contributed by atoms with van der Waals surface area (Å²) < 4.78 is 5.46. The first-order valence-electron chi connectivity index (χ1n) is 11.1. The normalized spacial score (nSPS) is 13.4. The van der Waals surface area contributed by atoms with E-state index in [1.165, 1.54) is 16.7 Å². The highest BCUT2D eigenvalue weighted by atomic mass is 31.1. The minimum atomic E-state index is -0.250. The number of anilines is 3. The lowest BCUT2D eigenvalue weighted by Crippen LogP contribution is -2.36. The van der Waals surface area contributed by atoms with Crippen LogP contribution in [-0.2, 0) is 9.53 Å². The quantitative estimate of drug-likeness (QED) is 0.281. The van der Waals surface area contributed by atoms with Crippen LogP contribution in [0.1, 0.15) is 0 Å². The largest absolute Gasteiger partial charge is 0.483 e. The summed E-state index contributed by atoms with van der Waals surface area (Å²) >= 11 is 0. The van der Waals surface area contributed by atoms with E-state index in [0.717, 1.165) is 54.3 Å². The molecule has 176 valence electrons. The van der Waals surface area contributed by atoms with Crippen LogP contribution in [0.3, 0.4) is 0 Å². The molecule has 0 saturated carbocycles. The molecule has 0 atom stereocenters. The minimum absolute atomic E-state index is 0.193. The maximum absolute atomic E-state index is 8.36. The number of rotatable bonds is 5. The Morgan fingerprint density at radius 2 is 1.76 bits per heavy atom. The zero-order chi connectivity index (χ0) is 23.9. The van der Waals surface area contributed by atoms with Crippen LogP contribution in [0, 0.1) is 0 Å². The predicted octanol–water partition coefficient (Wildman–Crippen LogP) is 4.88. The number of nitrogens with zero attached hydrogens (tertiary/aromatic N) is 2. The van der Waals surface area contributed by atoms with Crippen molar-refractivity contribution in [2.24, 2.45) is 0 Å². The number of pyridine rings is 1. The van der Waals surface area contributed by atoms with E-state index in [4.69, 9.17) is 14.6 Å². The lowest BCUT2D eigenvalue weighted by atomic mass is 10.1. The molecule has 34 heavy (non-hydrogen) atoms. The van der Waals surface area contributed by atoms with Crippen molar-refractivity contribution in [2.45, 2.75) is 0 Å². The Bertz CT molecular complexity index is 1230. The third-order valence-electron chi connectivity index (χ3n) is 5.74. The van der Waals surface area contributed by atoms with Gasteiger partial charge in [0.25, 0.3) is 6.47 Å². The first-order valence-corrected chi connectivity index (χ1v) is 13.4. The molecule has 1 aliphatic rings. The summed E-state index contributed by atoms with van der Waals surface area (Å²) in [6, 6.07) is 21.6. The molecule has 1 fully saturated rings. The highest BCUT2D eigenvalue weighted by molar-refractivity contribution is 7.64. The number of hydrogen-bond acceptors (Lipinski definition) is 5. The maximum atomic E-state index is 8.36. The Labute approximate surface area is 200 Å². The first-order chi connectivity index (χ1) is 16.6. The number of morpholine rings is 1. The predicted molar refractivity (Wildman–Crippen MR) is 141 cm³/mol.